The van der Waals surface area contributed by atoms with E-state index in [-0.39, 0.29) is 18.0 Å². The topological polar surface area (TPSA) is 73.2 Å². The van der Waals surface area contributed by atoms with Crippen molar-refractivity contribution in [3.63, 3.8) is 0 Å². The highest BCUT2D eigenvalue weighted by molar-refractivity contribution is 9.10. The molecule has 3 rings (SSSR count). The first-order chi connectivity index (χ1) is 11.9. The smallest absolute Gasteiger partial charge is 0.341 e. The minimum atomic E-state index is -0.367. The molecule has 2 aromatic rings. The van der Waals surface area contributed by atoms with Gasteiger partial charge < -0.3 is 10.1 Å². The lowest BCUT2D eigenvalue weighted by Crippen LogP contribution is -2.19. The number of amides is 1. The van der Waals surface area contributed by atoms with Crippen LogP contribution >= 0.6 is 27.3 Å². The number of aromatic nitrogens is 2. The van der Waals surface area contributed by atoms with E-state index in [1.54, 1.807) is 13.2 Å². The Morgan fingerprint density at radius 2 is 2.08 bits per heavy atom. The Morgan fingerprint density at radius 1 is 1.36 bits per heavy atom. The molecule has 0 saturated carbocycles. The highest BCUT2D eigenvalue weighted by atomic mass is 79.9. The monoisotopic (exact) mass is 425 g/mol. The number of anilines is 1. The summed E-state index contributed by atoms with van der Waals surface area (Å²) in [5.74, 6) is -0.669. The predicted octanol–water partition coefficient (Wildman–Crippen LogP) is 3.94. The van der Waals surface area contributed by atoms with Crippen LogP contribution in [0.4, 0.5) is 5.00 Å². The molecule has 2 aromatic heterocycles. The zero-order valence-electron chi connectivity index (χ0n) is 14.4. The van der Waals surface area contributed by atoms with Crippen molar-refractivity contribution in [1.82, 2.24) is 9.78 Å². The minimum absolute atomic E-state index is 0.207. The fourth-order valence-corrected chi connectivity index (χ4v) is 4.77. The molecule has 1 N–H and O–H groups in total. The van der Waals surface area contributed by atoms with E-state index in [9.17, 15) is 9.59 Å². The Bertz CT molecular complexity index is 806. The summed E-state index contributed by atoms with van der Waals surface area (Å²) in [5.41, 5.74) is 1.95. The molecule has 1 aliphatic rings. The van der Waals surface area contributed by atoms with Gasteiger partial charge in [-0.1, -0.05) is 0 Å². The van der Waals surface area contributed by atoms with Crippen molar-refractivity contribution >= 4 is 44.1 Å². The molecular weight excluding hydrogens is 406 g/mol. The number of fused-ring (bicyclic) bond motifs is 1. The van der Waals surface area contributed by atoms with Crippen molar-refractivity contribution in [2.24, 2.45) is 7.05 Å². The van der Waals surface area contributed by atoms with E-state index in [0.717, 1.165) is 31.2 Å². The number of carbonyl (C=O) groups is 2. The third-order valence-corrected chi connectivity index (χ3v) is 5.84. The SMILES string of the molecule is CC(C)OC(=O)c1c(NC(=O)c2c(Br)cnn2C)sc2c1CCCC2. The lowest BCUT2D eigenvalue weighted by molar-refractivity contribution is 0.0378. The van der Waals surface area contributed by atoms with Crippen molar-refractivity contribution in [2.45, 2.75) is 45.6 Å². The van der Waals surface area contributed by atoms with Crippen LogP contribution in [0, 0.1) is 0 Å². The number of nitrogens with one attached hydrogen (secondary N) is 1. The highest BCUT2D eigenvalue weighted by Crippen LogP contribution is 2.39. The summed E-state index contributed by atoms with van der Waals surface area (Å²) >= 11 is 4.81. The number of nitrogens with zero attached hydrogens (tertiary/aromatic N) is 2. The van der Waals surface area contributed by atoms with E-state index in [1.165, 1.54) is 20.9 Å². The first-order valence-electron chi connectivity index (χ1n) is 8.22. The van der Waals surface area contributed by atoms with E-state index in [0.29, 0.717) is 20.7 Å². The first kappa shape index (κ1) is 18.1. The zero-order chi connectivity index (χ0) is 18.1. The molecule has 1 amide bonds. The second-order valence-corrected chi connectivity index (χ2v) is 8.25. The van der Waals surface area contributed by atoms with Gasteiger partial charge in [0, 0.05) is 11.9 Å². The van der Waals surface area contributed by atoms with Crippen molar-refractivity contribution in [1.29, 1.82) is 0 Å². The molecular formula is C17H20BrN3O3S. The van der Waals surface area contributed by atoms with Crippen LogP contribution in [0.5, 0.6) is 0 Å². The molecule has 6 nitrogen and oxygen atoms in total. The number of esters is 1. The lowest BCUT2D eigenvalue weighted by atomic mass is 9.95. The van der Waals surface area contributed by atoms with E-state index in [1.807, 2.05) is 13.8 Å². The van der Waals surface area contributed by atoms with Gasteiger partial charge in [0.1, 0.15) is 10.7 Å². The van der Waals surface area contributed by atoms with Crippen LogP contribution in [0.25, 0.3) is 0 Å². The summed E-state index contributed by atoms with van der Waals surface area (Å²) in [6, 6.07) is 0. The van der Waals surface area contributed by atoms with Gasteiger partial charge in [0.05, 0.1) is 22.3 Å². The largest absolute Gasteiger partial charge is 0.459 e. The Balaban J connectivity index is 1.96. The maximum atomic E-state index is 12.7. The Kier molecular flexibility index (Phi) is 5.29. The molecule has 0 spiro atoms. The van der Waals surface area contributed by atoms with Gasteiger partial charge in [-0.3, -0.25) is 9.48 Å². The zero-order valence-corrected chi connectivity index (χ0v) is 16.8. The average Bonchev–Trinajstić information content (AvgIpc) is 3.06. The summed E-state index contributed by atoms with van der Waals surface area (Å²) in [7, 11) is 1.70. The van der Waals surface area contributed by atoms with Gasteiger partial charge in [-0.25, -0.2) is 4.79 Å². The van der Waals surface area contributed by atoms with Gasteiger partial charge in [-0.15, -0.1) is 11.3 Å². The van der Waals surface area contributed by atoms with Crippen LogP contribution in [0.15, 0.2) is 10.7 Å². The molecule has 0 fully saturated rings. The van der Waals surface area contributed by atoms with Gasteiger partial charge in [0.25, 0.3) is 5.91 Å². The fourth-order valence-electron chi connectivity index (χ4n) is 2.97. The van der Waals surface area contributed by atoms with Crippen molar-refractivity contribution in [3.05, 3.63) is 32.4 Å². The third kappa shape index (κ3) is 3.64. The van der Waals surface area contributed by atoms with Gasteiger partial charge >= 0.3 is 5.97 Å². The summed E-state index contributed by atoms with van der Waals surface area (Å²) in [6.45, 7) is 3.64. The maximum absolute atomic E-state index is 12.7. The van der Waals surface area contributed by atoms with Crippen LogP contribution in [0.3, 0.4) is 0 Å². The molecule has 0 aromatic carbocycles. The van der Waals surface area contributed by atoms with Crippen LogP contribution in [0.1, 0.15) is 58.0 Å². The molecule has 1 aliphatic carbocycles. The summed E-state index contributed by atoms with van der Waals surface area (Å²) in [5, 5.41) is 7.52. The number of carbonyl (C=O) groups excluding carboxylic acids is 2. The number of halogens is 1. The summed E-state index contributed by atoms with van der Waals surface area (Å²) in [4.78, 5) is 26.5. The summed E-state index contributed by atoms with van der Waals surface area (Å²) in [6.07, 6.45) is 5.30. The normalized spacial score (nSPS) is 13.6. The van der Waals surface area contributed by atoms with Crippen LogP contribution in [-0.2, 0) is 24.6 Å². The quantitative estimate of drug-likeness (QED) is 0.752. The average molecular weight is 426 g/mol. The fraction of sp³-hybridized carbons (Fsp3) is 0.471. The second kappa shape index (κ2) is 7.29. The number of thiophene rings is 1. The van der Waals surface area contributed by atoms with Crippen molar-refractivity contribution in [3.8, 4) is 0 Å². The Morgan fingerprint density at radius 3 is 2.72 bits per heavy atom. The van der Waals surface area contributed by atoms with E-state index >= 15 is 0 Å². The minimum Gasteiger partial charge on any atom is -0.459 e. The molecule has 134 valence electrons. The van der Waals surface area contributed by atoms with Crippen molar-refractivity contribution in [2.75, 3.05) is 5.32 Å². The van der Waals surface area contributed by atoms with Crippen LogP contribution in [-0.4, -0.2) is 27.8 Å². The molecule has 0 saturated heterocycles. The lowest BCUT2D eigenvalue weighted by Gasteiger charge is -2.14. The molecule has 25 heavy (non-hydrogen) atoms. The molecule has 2 heterocycles. The Labute approximate surface area is 158 Å². The van der Waals surface area contributed by atoms with Gasteiger partial charge in [0.2, 0.25) is 0 Å². The third-order valence-electron chi connectivity index (χ3n) is 4.05. The summed E-state index contributed by atoms with van der Waals surface area (Å²) < 4.78 is 7.52. The number of ether oxygens (including phenoxy) is 1. The molecule has 0 unspecified atom stereocenters. The molecule has 0 atom stereocenters. The van der Waals surface area contributed by atoms with E-state index in [2.05, 4.69) is 26.3 Å². The molecule has 0 aliphatic heterocycles. The molecule has 0 radical (unpaired) electrons. The van der Waals surface area contributed by atoms with Crippen LogP contribution in [0.2, 0.25) is 0 Å². The second-order valence-electron chi connectivity index (χ2n) is 6.29. The first-order valence-corrected chi connectivity index (χ1v) is 9.83. The van der Waals surface area contributed by atoms with Crippen LogP contribution < -0.4 is 5.32 Å². The standard InChI is InChI=1S/C17H20BrN3O3S/c1-9(2)24-17(23)13-10-6-4-5-7-12(10)25-16(13)20-15(22)14-11(18)8-19-21(14)3/h8-9H,4-7H2,1-3H3,(H,20,22). The Hall–Kier alpha value is -1.67. The highest BCUT2D eigenvalue weighted by Gasteiger charge is 2.28. The van der Waals surface area contributed by atoms with E-state index in [4.69, 9.17) is 4.74 Å². The van der Waals surface area contributed by atoms with E-state index < -0.39 is 0 Å². The van der Waals surface area contributed by atoms with Gasteiger partial charge in [-0.2, -0.15) is 5.10 Å². The number of rotatable bonds is 4. The van der Waals surface area contributed by atoms with Gasteiger partial charge in [0.15, 0.2) is 0 Å². The molecule has 0 bridgehead atoms. The number of hydrogen-bond acceptors (Lipinski definition) is 5. The number of hydrogen-bond donors (Lipinski definition) is 1. The van der Waals surface area contributed by atoms with Gasteiger partial charge in [-0.05, 0) is 61.0 Å². The van der Waals surface area contributed by atoms with Crippen molar-refractivity contribution < 1.29 is 14.3 Å². The predicted molar refractivity (Wildman–Crippen MR) is 100 cm³/mol. The number of aryl methyl sites for hydroxylation is 2. The maximum Gasteiger partial charge on any atom is 0.341 e. The molecule has 8 heteroatoms.